The molecule has 1 rings (SSSR count). The molecule has 0 saturated carbocycles. The van der Waals surface area contributed by atoms with E-state index >= 15 is 0 Å². The van der Waals surface area contributed by atoms with Crippen LogP contribution in [0, 0.1) is 11.3 Å². The Morgan fingerprint density at radius 1 is 1.75 bits per heavy atom. The van der Waals surface area contributed by atoms with Crippen LogP contribution in [0.25, 0.3) is 0 Å². The smallest absolute Gasteiger partial charge is 0.170 e. The molecule has 0 aromatic carbocycles. The van der Waals surface area contributed by atoms with Crippen molar-refractivity contribution in [3.63, 3.8) is 0 Å². The van der Waals surface area contributed by atoms with Gasteiger partial charge in [0.2, 0.25) is 0 Å². The number of nitrogens with zero attached hydrogens (tertiary/aromatic N) is 3. The Kier molecular flexibility index (Phi) is 5.19. The third-order valence-corrected chi connectivity index (χ3v) is 4.00. The van der Waals surface area contributed by atoms with Crippen molar-refractivity contribution < 1.29 is 0 Å². The van der Waals surface area contributed by atoms with Gasteiger partial charge in [0.25, 0.3) is 0 Å². The molecule has 2 unspecified atom stereocenters. The van der Waals surface area contributed by atoms with E-state index in [1.165, 1.54) is 11.5 Å². The first-order valence-corrected chi connectivity index (χ1v) is 6.84. The van der Waals surface area contributed by atoms with Crippen LogP contribution in [-0.2, 0) is 0 Å². The number of thioether (sulfide) groups is 1. The summed E-state index contributed by atoms with van der Waals surface area (Å²) in [4.78, 5) is 4.13. The van der Waals surface area contributed by atoms with Crippen LogP contribution in [0.1, 0.15) is 27.2 Å². The molecule has 0 saturated heterocycles. The minimum atomic E-state index is -0.453. The van der Waals surface area contributed by atoms with Crippen molar-refractivity contribution in [2.24, 2.45) is 0 Å². The molecule has 0 amide bonds. The molecule has 0 aliphatic rings. The standard InChI is InChI=1S/C10H16N4S2/c1-4-13-10(3,6-11)5-8(2)15-9-12-7-14-16-9/h7-8,13H,4-5H2,1-3H3. The van der Waals surface area contributed by atoms with E-state index in [1.54, 1.807) is 18.1 Å². The van der Waals surface area contributed by atoms with E-state index in [0.29, 0.717) is 5.25 Å². The number of nitrogens with one attached hydrogen (secondary N) is 1. The minimum absolute atomic E-state index is 0.344. The van der Waals surface area contributed by atoms with Crippen molar-refractivity contribution in [2.75, 3.05) is 6.54 Å². The molecule has 1 aromatic heterocycles. The van der Waals surface area contributed by atoms with Gasteiger partial charge in [0.05, 0.1) is 6.07 Å². The zero-order chi connectivity index (χ0) is 12.0. The van der Waals surface area contributed by atoms with Gasteiger partial charge < -0.3 is 0 Å². The number of hydrogen-bond acceptors (Lipinski definition) is 6. The van der Waals surface area contributed by atoms with Gasteiger partial charge in [-0.15, -0.1) is 0 Å². The van der Waals surface area contributed by atoms with Gasteiger partial charge in [-0.3, -0.25) is 5.32 Å². The minimum Gasteiger partial charge on any atom is -0.300 e. The lowest BCUT2D eigenvalue weighted by Crippen LogP contribution is -2.42. The lowest BCUT2D eigenvalue weighted by molar-refractivity contribution is 0.429. The van der Waals surface area contributed by atoms with Gasteiger partial charge in [-0.25, -0.2) is 4.98 Å². The van der Waals surface area contributed by atoms with Gasteiger partial charge in [0.15, 0.2) is 4.34 Å². The average molecular weight is 256 g/mol. The summed E-state index contributed by atoms with van der Waals surface area (Å²) < 4.78 is 4.92. The summed E-state index contributed by atoms with van der Waals surface area (Å²) in [6.07, 6.45) is 2.36. The molecule has 16 heavy (non-hydrogen) atoms. The maximum absolute atomic E-state index is 9.14. The summed E-state index contributed by atoms with van der Waals surface area (Å²) in [7, 11) is 0. The second kappa shape index (κ2) is 6.18. The molecule has 1 N–H and O–H groups in total. The topological polar surface area (TPSA) is 61.6 Å². The summed E-state index contributed by atoms with van der Waals surface area (Å²) in [6.45, 7) is 6.87. The Balaban J connectivity index is 2.50. The van der Waals surface area contributed by atoms with Gasteiger partial charge in [0.1, 0.15) is 11.9 Å². The highest BCUT2D eigenvalue weighted by Crippen LogP contribution is 2.28. The van der Waals surface area contributed by atoms with Crippen LogP contribution in [0.3, 0.4) is 0 Å². The second-order valence-corrected chi connectivity index (χ2v) is 6.28. The van der Waals surface area contributed by atoms with Crippen molar-refractivity contribution in [1.29, 1.82) is 5.26 Å². The highest BCUT2D eigenvalue weighted by Gasteiger charge is 2.25. The van der Waals surface area contributed by atoms with Crippen LogP contribution in [0.15, 0.2) is 10.7 Å². The SMILES string of the molecule is CCNC(C)(C#N)CC(C)Sc1ncns1. The fraction of sp³-hybridized carbons (Fsp3) is 0.700. The Hall–Kier alpha value is -0.640. The number of nitriles is 1. The molecule has 0 aliphatic heterocycles. The van der Waals surface area contributed by atoms with Crippen molar-refractivity contribution in [3.05, 3.63) is 6.33 Å². The summed E-state index contributed by atoms with van der Waals surface area (Å²) >= 11 is 3.07. The van der Waals surface area contributed by atoms with Crippen LogP contribution in [0.5, 0.6) is 0 Å². The van der Waals surface area contributed by atoms with Crippen LogP contribution >= 0.6 is 23.3 Å². The first kappa shape index (κ1) is 13.4. The van der Waals surface area contributed by atoms with E-state index < -0.39 is 5.54 Å². The van der Waals surface area contributed by atoms with Crippen LogP contribution in [0.4, 0.5) is 0 Å². The highest BCUT2D eigenvalue weighted by atomic mass is 32.2. The molecule has 88 valence electrons. The third kappa shape index (κ3) is 4.08. The third-order valence-electron chi connectivity index (χ3n) is 2.15. The zero-order valence-corrected chi connectivity index (χ0v) is 11.4. The molecule has 1 heterocycles. The average Bonchev–Trinajstić information content (AvgIpc) is 2.70. The van der Waals surface area contributed by atoms with Crippen LogP contribution in [-0.4, -0.2) is 26.7 Å². The van der Waals surface area contributed by atoms with E-state index in [0.717, 1.165) is 17.3 Å². The van der Waals surface area contributed by atoms with E-state index in [-0.39, 0.29) is 0 Å². The van der Waals surface area contributed by atoms with Crippen molar-refractivity contribution in [3.8, 4) is 6.07 Å². The summed E-state index contributed by atoms with van der Waals surface area (Å²) in [5, 5.41) is 12.7. The normalized spacial score (nSPS) is 16.4. The monoisotopic (exact) mass is 256 g/mol. The number of rotatable bonds is 6. The molecule has 6 heteroatoms. The van der Waals surface area contributed by atoms with Gasteiger partial charge in [-0.2, -0.15) is 9.64 Å². The Bertz CT molecular complexity index is 346. The molecular formula is C10H16N4S2. The van der Waals surface area contributed by atoms with E-state index in [2.05, 4.69) is 27.7 Å². The van der Waals surface area contributed by atoms with Gasteiger partial charge >= 0.3 is 0 Å². The molecule has 2 atom stereocenters. The molecule has 0 spiro atoms. The molecular weight excluding hydrogens is 240 g/mol. The predicted octanol–water partition coefficient (Wildman–Crippen LogP) is 2.30. The molecule has 0 aliphatic carbocycles. The molecule has 4 nitrogen and oxygen atoms in total. The van der Waals surface area contributed by atoms with Crippen LogP contribution in [0.2, 0.25) is 0 Å². The fourth-order valence-electron chi connectivity index (χ4n) is 1.55. The summed E-state index contributed by atoms with van der Waals surface area (Å²) in [5.74, 6) is 0. The zero-order valence-electron chi connectivity index (χ0n) is 9.73. The number of aromatic nitrogens is 2. The van der Waals surface area contributed by atoms with Crippen molar-refractivity contribution in [1.82, 2.24) is 14.7 Å². The first-order chi connectivity index (χ1) is 7.59. The molecule has 0 bridgehead atoms. The lowest BCUT2D eigenvalue weighted by Gasteiger charge is -2.25. The maximum atomic E-state index is 9.14. The van der Waals surface area contributed by atoms with E-state index in [4.69, 9.17) is 5.26 Å². The quantitative estimate of drug-likeness (QED) is 0.791. The maximum Gasteiger partial charge on any atom is 0.170 e. The predicted molar refractivity (Wildman–Crippen MR) is 67.5 cm³/mol. The molecule has 0 radical (unpaired) electrons. The lowest BCUT2D eigenvalue weighted by atomic mass is 9.98. The second-order valence-electron chi connectivity index (χ2n) is 3.81. The molecule has 1 aromatic rings. The number of hydrogen-bond donors (Lipinski definition) is 1. The van der Waals surface area contributed by atoms with Crippen molar-refractivity contribution >= 4 is 23.3 Å². The fourth-order valence-corrected chi connectivity index (χ4v) is 3.49. The van der Waals surface area contributed by atoms with Gasteiger partial charge in [-0.05, 0) is 31.4 Å². The van der Waals surface area contributed by atoms with Crippen LogP contribution < -0.4 is 5.32 Å². The van der Waals surface area contributed by atoms with E-state index in [1.807, 2.05) is 13.8 Å². The summed E-state index contributed by atoms with van der Waals surface area (Å²) in [6, 6.07) is 2.33. The Labute approximate surface area is 105 Å². The first-order valence-electron chi connectivity index (χ1n) is 5.19. The Morgan fingerprint density at radius 2 is 2.50 bits per heavy atom. The largest absolute Gasteiger partial charge is 0.300 e. The Morgan fingerprint density at radius 3 is 3.00 bits per heavy atom. The van der Waals surface area contributed by atoms with Gasteiger partial charge in [0, 0.05) is 5.25 Å². The molecule has 0 fully saturated rings. The summed E-state index contributed by atoms with van der Waals surface area (Å²) in [5.41, 5.74) is -0.453. The van der Waals surface area contributed by atoms with Gasteiger partial charge in [-0.1, -0.05) is 25.6 Å². The highest BCUT2D eigenvalue weighted by molar-refractivity contribution is 8.01. The van der Waals surface area contributed by atoms with E-state index in [9.17, 15) is 0 Å². The van der Waals surface area contributed by atoms with Crippen molar-refractivity contribution in [2.45, 2.75) is 42.3 Å².